The summed E-state index contributed by atoms with van der Waals surface area (Å²) in [7, 11) is 0. The van der Waals surface area contributed by atoms with Crippen LogP contribution in [0.25, 0.3) is 0 Å². The first kappa shape index (κ1) is 4.50. The molecule has 0 saturated heterocycles. The number of hydrogen-bond donors (Lipinski definition) is 0. The topological polar surface area (TPSA) is 24.7 Å². The lowest BCUT2D eigenvalue weighted by Crippen LogP contribution is -1.90. The van der Waals surface area contributed by atoms with Gasteiger partial charge in [0.15, 0.2) is 0 Å². The van der Waals surface area contributed by atoms with Gasteiger partial charge in [0, 0.05) is 6.21 Å². The maximum absolute atomic E-state index is 3.99. The van der Waals surface area contributed by atoms with Crippen LogP contribution in [-0.4, -0.2) is 18.6 Å². The molecule has 0 spiro atoms. The third-order valence-corrected chi connectivity index (χ3v) is 0.852. The van der Waals surface area contributed by atoms with Crippen LogP contribution in [0.2, 0.25) is 0 Å². The predicted octanol–water partition coefficient (Wildman–Crippen LogP) is 0.693. The van der Waals surface area contributed by atoms with E-state index in [2.05, 4.69) is 16.9 Å². The van der Waals surface area contributed by atoms with Gasteiger partial charge < -0.3 is 0 Å². The van der Waals surface area contributed by atoms with Crippen LogP contribution < -0.4 is 0 Å². The van der Waals surface area contributed by atoms with E-state index < -0.39 is 0 Å². The van der Waals surface area contributed by atoms with Gasteiger partial charge in [0.2, 0.25) is 0 Å². The molecule has 1 radical (unpaired) electrons. The summed E-state index contributed by atoms with van der Waals surface area (Å²) in [5, 5.41) is 0. The average molecular weight is 95.1 g/mol. The fraction of sp³-hybridized carbons (Fsp3) is 0.400. The molecule has 0 fully saturated rings. The van der Waals surface area contributed by atoms with E-state index in [1.54, 1.807) is 6.21 Å². The monoisotopic (exact) mass is 95.1 g/mol. The summed E-state index contributed by atoms with van der Waals surface area (Å²) in [4.78, 5) is 7.85. The largest absolute Gasteiger partial charge is 0.268 e. The molecule has 7 heavy (non-hydrogen) atoms. The highest BCUT2D eigenvalue weighted by Crippen LogP contribution is 1.89. The molecule has 0 unspecified atom stereocenters. The number of hydrogen-bond acceptors (Lipinski definition) is 2. The van der Waals surface area contributed by atoms with Gasteiger partial charge in [-0.2, -0.15) is 0 Å². The van der Waals surface area contributed by atoms with Gasteiger partial charge in [-0.05, 0) is 13.3 Å². The zero-order valence-corrected chi connectivity index (χ0v) is 4.09. The Labute approximate surface area is 43.0 Å². The van der Waals surface area contributed by atoms with Crippen LogP contribution in [-0.2, 0) is 0 Å². The Hall–Kier alpha value is -0.660. The van der Waals surface area contributed by atoms with Crippen LogP contribution in [0, 0.1) is 6.92 Å². The summed E-state index contributed by atoms with van der Waals surface area (Å²) in [6.45, 7) is 4.26. The second-order valence-electron chi connectivity index (χ2n) is 1.35. The van der Waals surface area contributed by atoms with Crippen molar-refractivity contribution >= 4 is 11.9 Å². The molecule has 0 aromatic heterocycles. The minimum atomic E-state index is 0.616. The van der Waals surface area contributed by atoms with E-state index in [4.69, 9.17) is 0 Å². The number of nitrogens with zero attached hydrogens (tertiary/aromatic N) is 2. The summed E-state index contributed by atoms with van der Waals surface area (Å²) >= 11 is 0. The first-order chi connectivity index (χ1) is 3.43. The molecule has 2 heteroatoms. The highest BCUT2D eigenvalue weighted by molar-refractivity contribution is 6.31. The molecule has 0 bridgehead atoms. The average Bonchev–Trinajstić information content (AvgIpc) is 2.14. The van der Waals surface area contributed by atoms with Crippen molar-refractivity contribution in [1.82, 2.24) is 0 Å². The van der Waals surface area contributed by atoms with E-state index in [-0.39, 0.29) is 0 Å². The van der Waals surface area contributed by atoms with Crippen molar-refractivity contribution in [3.05, 3.63) is 6.92 Å². The number of aliphatic imine (C=N–C) groups is 2. The van der Waals surface area contributed by atoms with E-state index >= 15 is 0 Å². The Kier molecular flexibility index (Phi) is 1.20. The second kappa shape index (κ2) is 1.87. The van der Waals surface area contributed by atoms with Gasteiger partial charge in [-0.25, -0.2) is 0 Å². The fourth-order valence-electron chi connectivity index (χ4n) is 0.462. The molecule has 1 aliphatic rings. The summed E-state index contributed by atoms with van der Waals surface area (Å²) in [6, 6.07) is 0. The highest BCUT2D eigenvalue weighted by Gasteiger charge is 1.93. The predicted molar refractivity (Wildman–Crippen MR) is 30.8 cm³/mol. The standard InChI is InChI=1S/C5H7N2/c1-2-5-3-6-4-7-5/h3H,1-2,4H2. The molecule has 37 valence electrons. The van der Waals surface area contributed by atoms with Crippen molar-refractivity contribution in [3.63, 3.8) is 0 Å². The molecule has 0 aliphatic carbocycles. The molecule has 1 heterocycles. The van der Waals surface area contributed by atoms with Crippen LogP contribution in [0.1, 0.15) is 6.42 Å². The molecule has 1 aliphatic heterocycles. The quantitative estimate of drug-likeness (QED) is 0.458. The molecular weight excluding hydrogens is 88.1 g/mol. The molecule has 0 amide bonds. The molecule has 0 atom stereocenters. The Morgan fingerprint density at radius 1 is 1.86 bits per heavy atom. The molecular formula is C5H7N2. The third-order valence-electron chi connectivity index (χ3n) is 0.852. The summed E-state index contributed by atoms with van der Waals surface area (Å²) in [6.07, 6.45) is 2.54. The first-order valence-corrected chi connectivity index (χ1v) is 2.26. The van der Waals surface area contributed by atoms with Crippen molar-refractivity contribution in [1.29, 1.82) is 0 Å². The number of rotatable bonds is 1. The molecule has 1 rings (SSSR count). The third kappa shape index (κ3) is 0.856. The van der Waals surface area contributed by atoms with E-state index in [1.165, 1.54) is 0 Å². The lowest BCUT2D eigenvalue weighted by atomic mass is 10.3. The minimum absolute atomic E-state index is 0.616. The maximum atomic E-state index is 3.99. The van der Waals surface area contributed by atoms with Crippen LogP contribution in [0.5, 0.6) is 0 Å². The summed E-state index contributed by atoms with van der Waals surface area (Å²) < 4.78 is 0. The normalized spacial score (nSPS) is 17.6. The molecule has 0 aromatic carbocycles. The van der Waals surface area contributed by atoms with Gasteiger partial charge in [-0.3, -0.25) is 9.98 Å². The van der Waals surface area contributed by atoms with Gasteiger partial charge >= 0.3 is 0 Å². The van der Waals surface area contributed by atoms with Crippen LogP contribution in [0.3, 0.4) is 0 Å². The summed E-state index contributed by atoms with van der Waals surface area (Å²) in [5.74, 6) is 0. The van der Waals surface area contributed by atoms with Crippen molar-refractivity contribution < 1.29 is 0 Å². The lowest BCUT2D eigenvalue weighted by molar-refractivity contribution is 1.10. The zero-order chi connectivity index (χ0) is 5.11. The van der Waals surface area contributed by atoms with Crippen molar-refractivity contribution in [2.45, 2.75) is 6.42 Å². The first-order valence-electron chi connectivity index (χ1n) is 2.26. The highest BCUT2D eigenvalue weighted by atomic mass is 15.0. The second-order valence-corrected chi connectivity index (χ2v) is 1.35. The molecule has 0 N–H and O–H groups in total. The van der Waals surface area contributed by atoms with E-state index in [9.17, 15) is 0 Å². The SMILES string of the molecule is [CH2]CC1=NCN=C1. The van der Waals surface area contributed by atoms with Crippen LogP contribution >= 0.6 is 0 Å². The van der Waals surface area contributed by atoms with Gasteiger partial charge in [0.25, 0.3) is 0 Å². The fourth-order valence-corrected chi connectivity index (χ4v) is 0.462. The van der Waals surface area contributed by atoms with E-state index in [0.29, 0.717) is 6.67 Å². The minimum Gasteiger partial charge on any atom is -0.268 e. The van der Waals surface area contributed by atoms with Crippen molar-refractivity contribution in [2.24, 2.45) is 9.98 Å². The summed E-state index contributed by atoms with van der Waals surface area (Å²) in [5.41, 5.74) is 1.01. The molecule has 2 nitrogen and oxygen atoms in total. The van der Waals surface area contributed by atoms with Gasteiger partial charge in [0.05, 0.1) is 5.71 Å². The van der Waals surface area contributed by atoms with Crippen molar-refractivity contribution in [2.75, 3.05) is 6.67 Å². The Morgan fingerprint density at radius 2 is 2.71 bits per heavy atom. The Balaban J connectivity index is 2.52. The molecule has 0 aromatic rings. The lowest BCUT2D eigenvalue weighted by Gasteiger charge is -1.80. The van der Waals surface area contributed by atoms with E-state index in [1.807, 2.05) is 0 Å². The van der Waals surface area contributed by atoms with Gasteiger partial charge in [-0.1, -0.05) is 0 Å². The van der Waals surface area contributed by atoms with Crippen LogP contribution in [0.15, 0.2) is 9.98 Å². The van der Waals surface area contributed by atoms with Gasteiger partial charge in [0.1, 0.15) is 6.67 Å². The molecule has 0 saturated carbocycles. The van der Waals surface area contributed by atoms with Gasteiger partial charge in [-0.15, -0.1) is 0 Å². The Bertz CT molecular complexity index is 113. The maximum Gasteiger partial charge on any atom is 0.129 e. The zero-order valence-electron chi connectivity index (χ0n) is 4.09. The smallest absolute Gasteiger partial charge is 0.129 e. The van der Waals surface area contributed by atoms with Crippen LogP contribution in [0.4, 0.5) is 0 Å². The Morgan fingerprint density at radius 3 is 3.00 bits per heavy atom. The van der Waals surface area contributed by atoms with E-state index in [0.717, 1.165) is 12.1 Å². The van der Waals surface area contributed by atoms with Crippen molar-refractivity contribution in [3.8, 4) is 0 Å².